The topological polar surface area (TPSA) is 140 Å². The molecule has 0 spiro atoms. The Morgan fingerprint density at radius 1 is 1.00 bits per heavy atom. The fraction of sp³-hybridized carbons (Fsp3) is 0.333. The van der Waals surface area contributed by atoms with Gasteiger partial charge in [-0.25, -0.2) is 16.8 Å². The zero-order chi connectivity index (χ0) is 23.0. The number of halogens is 1. The molecule has 2 N–H and O–H groups in total. The number of nitrogens with zero attached hydrogens (tertiary/aromatic N) is 3. The number of aromatic nitrogens is 1. The van der Waals surface area contributed by atoms with E-state index in [1.165, 1.54) is 57.3 Å². The normalized spacial score (nSPS) is 15.7. The molecule has 2 aromatic rings. The van der Waals surface area contributed by atoms with Crippen molar-refractivity contribution in [3.63, 3.8) is 0 Å². The smallest absolute Gasteiger partial charge is 0.265 e. The van der Waals surface area contributed by atoms with Gasteiger partial charge in [0.25, 0.3) is 5.91 Å². The average Bonchev–Trinajstić information content (AvgIpc) is 3.11. The van der Waals surface area contributed by atoms with Crippen molar-refractivity contribution in [3.05, 3.63) is 47.2 Å². The summed E-state index contributed by atoms with van der Waals surface area (Å²) in [6.07, 6.45) is 1.30. The van der Waals surface area contributed by atoms with Crippen LogP contribution in [-0.2, 0) is 31.7 Å². The van der Waals surface area contributed by atoms with Crippen LogP contribution in [-0.4, -0.2) is 74.4 Å². The van der Waals surface area contributed by atoms with Crippen LogP contribution >= 0.6 is 11.6 Å². The van der Waals surface area contributed by atoms with E-state index in [1.807, 2.05) is 0 Å². The van der Waals surface area contributed by atoms with E-state index in [0.717, 1.165) is 0 Å². The molecule has 1 aliphatic rings. The fourth-order valence-corrected chi connectivity index (χ4v) is 6.07. The third-order valence-corrected chi connectivity index (χ3v) is 8.68. The number of nitrogens with two attached hydrogens (primary N) is 1. The van der Waals surface area contributed by atoms with Crippen LogP contribution < -0.4 is 5.73 Å². The van der Waals surface area contributed by atoms with Crippen LogP contribution in [0.3, 0.4) is 0 Å². The molecule has 1 fully saturated rings. The molecular weight excluding hydrogens is 468 g/mol. The van der Waals surface area contributed by atoms with Crippen LogP contribution in [0.2, 0.25) is 5.02 Å². The van der Waals surface area contributed by atoms with Gasteiger partial charge < -0.3 is 15.2 Å². The van der Waals surface area contributed by atoms with E-state index in [0.29, 0.717) is 5.02 Å². The Bertz CT molecular complexity index is 1210. The van der Waals surface area contributed by atoms with Crippen molar-refractivity contribution in [2.24, 2.45) is 12.8 Å². The van der Waals surface area contributed by atoms with Gasteiger partial charge in [-0.1, -0.05) is 11.6 Å². The SMILES string of the molecule is Cn1cc(S(=O)(=O)N2CCN(C(=O)CS(=O)(=O)c3ccc(Cl)cc3)CC2)cc1C(N)=O. The van der Waals surface area contributed by atoms with Crippen LogP contribution in [0, 0.1) is 0 Å². The standard InChI is InChI=1S/C18H21ClN4O6S2/c1-21-11-15(10-16(21)18(20)25)31(28,29)23-8-6-22(7-9-23)17(24)12-30(26,27)14-4-2-13(19)3-5-14/h2-5,10-11H,6-9,12H2,1H3,(H2,20,25). The lowest BCUT2D eigenvalue weighted by atomic mass is 10.3. The quantitative estimate of drug-likeness (QED) is 0.610. The van der Waals surface area contributed by atoms with Gasteiger partial charge in [0.15, 0.2) is 9.84 Å². The molecule has 0 aliphatic carbocycles. The minimum absolute atomic E-state index is 0.00410. The Morgan fingerprint density at radius 3 is 2.10 bits per heavy atom. The predicted molar refractivity (Wildman–Crippen MR) is 113 cm³/mol. The third kappa shape index (κ3) is 4.92. The maximum Gasteiger partial charge on any atom is 0.265 e. The van der Waals surface area contributed by atoms with Crippen molar-refractivity contribution in [2.75, 3.05) is 31.9 Å². The summed E-state index contributed by atoms with van der Waals surface area (Å²) in [4.78, 5) is 25.1. The maximum atomic E-state index is 12.8. The molecule has 0 bridgehead atoms. The average molecular weight is 489 g/mol. The lowest BCUT2D eigenvalue weighted by molar-refractivity contribution is -0.129. The van der Waals surface area contributed by atoms with Gasteiger partial charge in [0.05, 0.1) is 4.90 Å². The lowest BCUT2D eigenvalue weighted by Crippen LogP contribution is -2.51. The second-order valence-electron chi connectivity index (χ2n) is 7.03. The molecule has 0 unspecified atom stereocenters. The van der Waals surface area contributed by atoms with Gasteiger partial charge in [-0.05, 0) is 30.3 Å². The monoisotopic (exact) mass is 488 g/mol. The Balaban J connectivity index is 1.66. The number of hydrogen-bond acceptors (Lipinski definition) is 6. The molecule has 1 aromatic carbocycles. The number of amides is 2. The number of piperazine rings is 1. The maximum absolute atomic E-state index is 12.8. The van der Waals surface area contributed by atoms with Crippen LogP contribution in [0.1, 0.15) is 10.5 Å². The number of benzene rings is 1. The number of hydrogen-bond donors (Lipinski definition) is 1. The first kappa shape index (κ1) is 23.3. The predicted octanol–water partition coefficient (Wildman–Crippen LogP) is 0.0842. The summed E-state index contributed by atoms with van der Waals surface area (Å²) in [6, 6.07) is 6.71. The molecule has 1 aromatic heterocycles. The van der Waals surface area contributed by atoms with E-state index in [1.54, 1.807) is 0 Å². The Kier molecular flexibility index (Phi) is 6.46. The Hall–Kier alpha value is -2.41. The minimum Gasteiger partial charge on any atom is -0.364 e. The number of carbonyl (C=O) groups is 2. The van der Waals surface area contributed by atoms with Crippen molar-refractivity contribution >= 4 is 43.3 Å². The van der Waals surface area contributed by atoms with Crippen molar-refractivity contribution in [1.29, 1.82) is 0 Å². The van der Waals surface area contributed by atoms with E-state index in [4.69, 9.17) is 17.3 Å². The van der Waals surface area contributed by atoms with Gasteiger partial charge in [0, 0.05) is 44.4 Å². The Labute approximate surface area is 185 Å². The van der Waals surface area contributed by atoms with Crippen molar-refractivity contribution < 1.29 is 26.4 Å². The summed E-state index contributed by atoms with van der Waals surface area (Å²) in [5.41, 5.74) is 5.29. The first-order chi connectivity index (χ1) is 14.4. The number of aryl methyl sites for hydroxylation is 1. The van der Waals surface area contributed by atoms with E-state index in [9.17, 15) is 26.4 Å². The number of carbonyl (C=O) groups excluding carboxylic acids is 2. The number of rotatable bonds is 6. The zero-order valence-corrected chi connectivity index (χ0v) is 19.0. The molecule has 2 amide bonds. The second-order valence-corrected chi connectivity index (χ2v) is 11.4. The van der Waals surface area contributed by atoms with Gasteiger partial charge in [0.1, 0.15) is 16.3 Å². The molecule has 0 atom stereocenters. The molecule has 1 saturated heterocycles. The highest BCUT2D eigenvalue weighted by Crippen LogP contribution is 2.21. The molecule has 2 heterocycles. The molecule has 168 valence electrons. The lowest BCUT2D eigenvalue weighted by Gasteiger charge is -2.33. The molecule has 10 nitrogen and oxygen atoms in total. The van der Waals surface area contributed by atoms with Gasteiger partial charge >= 0.3 is 0 Å². The fourth-order valence-electron chi connectivity index (χ4n) is 3.23. The first-order valence-electron chi connectivity index (χ1n) is 9.14. The van der Waals surface area contributed by atoms with E-state index in [2.05, 4.69) is 0 Å². The number of primary amides is 1. The summed E-state index contributed by atoms with van der Waals surface area (Å²) in [6.45, 7) is 0.0825. The van der Waals surface area contributed by atoms with Gasteiger partial charge in [-0.2, -0.15) is 4.31 Å². The summed E-state index contributed by atoms with van der Waals surface area (Å²) < 4.78 is 53.1. The van der Waals surface area contributed by atoms with E-state index in [-0.39, 0.29) is 41.7 Å². The molecule has 31 heavy (non-hydrogen) atoms. The van der Waals surface area contributed by atoms with Crippen LogP contribution in [0.5, 0.6) is 0 Å². The van der Waals surface area contributed by atoms with Crippen LogP contribution in [0.15, 0.2) is 46.3 Å². The van der Waals surface area contributed by atoms with E-state index < -0.39 is 37.4 Å². The van der Waals surface area contributed by atoms with Gasteiger partial charge in [0.2, 0.25) is 15.9 Å². The summed E-state index contributed by atoms with van der Waals surface area (Å²) in [5.74, 6) is -2.08. The molecular formula is C18H21ClN4O6S2. The molecule has 3 rings (SSSR count). The van der Waals surface area contributed by atoms with Gasteiger partial charge in [-0.3, -0.25) is 9.59 Å². The van der Waals surface area contributed by atoms with E-state index >= 15 is 0 Å². The summed E-state index contributed by atoms with van der Waals surface area (Å²) in [7, 11) is -6.23. The third-order valence-electron chi connectivity index (χ3n) is 4.95. The van der Waals surface area contributed by atoms with Crippen molar-refractivity contribution in [2.45, 2.75) is 9.79 Å². The Morgan fingerprint density at radius 2 is 1.58 bits per heavy atom. The van der Waals surface area contributed by atoms with Crippen molar-refractivity contribution in [3.8, 4) is 0 Å². The van der Waals surface area contributed by atoms with Crippen molar-refractivity contribution in [1.82, 2.24) is 13.8 Å². The number of sulfonamides is 1. The first-order valence-corrected chi connectivity index (χ1v) is 12.6. The molecule has 0 saturated carbocycles. The highest BCUT2D eigenvalue weighted by molar-refractivity contribution is 7.92. The summed E-state index contributed by atoms with van der Waals surface area (Å²) >= 11 is 5.76. The molecule has 1 aliphatic heterocycles. The van der Waals surface area contributed by atoms with Gasteiger partial charge in [-0.15, -0.1) is 0 Å². The molecule has 0 radical (unpaired) electrons. The summed E-state index contributed by atoms with van der Waals surface area (Å²) in [5, 5.41) is 0.379. The number of sulfone groups is 1. The zero-order valence-electron chi connectivity index (χ0n) is 16.6. The van der Waals surface area contributed by atoms with Crippen LogP contribution in [0.4, 0.5) is 0 Å². The van der Waals surface area contributed by atoms with Crippen LogP contribution in [0.25, 0.3) is 0 Å². The highest BCUT2D eigenvalue weighted by Gasteiger charge is 2.33. The molecule has 13 heteroatoms. The second kappa shape index (κ2) is 8.61. The largest absolute Gasteiger partial charge is 0.364 e. The minimum atomic E-state index is -3.89. The highest BCUT2D eigenvalue weighted by atomic mass is 35.5.